The topological polar surface area (TPSA) is 115 Å². The fourth-order valence-electron chi connectivity index (χ4n) is 1.45. The zero-order valence-electron chi connectivity index (χ0n) is 9.59. The molecule has 0 saturated carbocycles. The maximum atomic E-state index is 11.2. The SMILES string of the molecule is CC(C)(C)c1cc(O)c(O)c(O)c1S(=O)(=O)O. The summed E-state index contributed by atoms with van der Waals surface area (Å²) in [4.78, 5) is -0.791. The van der Waals surface area contributed by atoms with Gasteiger partial charge in [-0.3, -0.25) is 4.55 Å². The molecule has 0 aromatic heterocycles. The summed E-state index contributed by atoms with van der Waals surface area (Å²) < 4.78 is 31.4. The van der Waals surface area contributed by atoms with Gasteiger partial charge in [0.1, 0.15) is 4.90 Å². The van der Waals surface area contributed by atoms with E-state index in [0.29, 0.717) is 0 Å². The fraction of sp³-hybridized carbons (Fsp3) is 0.400. The number of phenols is 3. The highest BCUT2D eigenvalue weighted by atomic mass is 32.2. The molecule has 4 N–H and O–H groups in total. The zero-order valence-corrected chi connectivity index (χ0v) is 10.4. The van der Waals surface area contributed by atoms with Crippen molar-refractivity contribution in [1.29, 1.82) is 0 Å². The van der Waals surface area contributed by atoms with Crippen LogP contribution < -0.4 is 0 Å². The lowest BCUT2D eigenvalue weighted by Crippen LogP contribution is -2.16. The highest BCUT2D eigenvalue weighted by Crippen LogP contribution is 2.45. The summed E-state index contributed by atoms with van der Waals surface area (Å²) in [5.74, 6) is -2.69. The molecule has 7 heteroatoms. The predicted molar refractivity (Wildman–Crippen MR) is 60.0 cm³/mol. The standard InChI is InChI=1S/C10H14O6S/c1-10(2,3)5-4-6(11)7(12)8(13)9(5)17(14,15)16/h4,11-13H,1-3H3,(H,14,15,16). The van der Waals surface area contributed by atoms with Crippen LogP contribution in [0.15, 0.2) is 11.0 Å². The first-order chi connectivity index (χ1) is 7.46. The molecule has 0 saturated heterocycles. The average Bonchev–Trinajstić information content (AvgIpc) is 2.09. The first kappa shape index (κ1) is 13.6. The quantitative estimate of drug-likeness (QED) is 0.448. The Morgan fingerprint density at radius 3 is 1.88 bits per heavy atom. The lowest BCUT2D eigenvalue weighted by Gasteiger charge is -2.23. The molecule has 17 heavy (non-hydrogen) atoms. The first-order valence-corrected chi connectivity index (χ1v) is 6.16. The minimum Gasteiger partial charge on any atom is -0.504 e. The molecule has 1 aromatic carbocycles. The van der Waals surface area contributed by atoms with Crippen LogP contribution in [0.25, 0.3) is 0 Å². The van der Waals surface area contributed by atoms with E-state index in [-0.39, 0.29) is 5.56 Å². The number of hydrogen-bond acceptors (Lipinski definition) is 5. The van der Waals surface area contributed by atoms with Crippen LogP contribution in [0.3, 0.4) is 0 Å². The Balaban J connectivity index is 3.85. The lowest BCUT2D eigenvalue weighted by molar-refractivity contribution is 0.353. The molecule has 0 aliphatic rings. The number of hydrogen-bond donors (Lipinski definition) is 4. The van der Waals surface area contributed by atoms with Crippen LogP contribution in [0.2, 0.25) is 0 Å². The maximum Gasteiger partial charge on any atom is 0.298 e. The van der Waals surface area contributed by atoms with Gasteiger partial charge in [0.2, 0.25) is 5.75 Å². The number of benzene rings is 1. The molecule has 0 radical (unpaired) electrons. The minimum absolute atomic E-state index is 0.00722. The largest absolute Gasteiger partial charge is 0.504 e. The lowest BCUT2D eigenvalue weighted by atomic mass is 9.86. The number of rotatable bonds is 1. The Bertz CT molecular complexity index is 553. The molecule has 0 atom stereocenters. The number of aromatic hydroxyl groups is 3. The van der Waals surface area contributed by atoms with Gasteiger partial charge in [0.15, 0.2) is 11.5 Å². The van der Waals surface area contributed by atoms with Gasteiger partial charge in [-0.25, -0.2) is 0 Å². The Morgan fingerprint density at radius 1 is 1.06 bits per heavy atom. The van der Waals surface area contributed by atoms with E-state index in [9.17, 15) is 23.7 Å². The summed E-state index contributed by atoms with van der Waals surface area (Å²) in [6.45, 7) is 4.90. The van der Waals surface area contributed by atoms with Gasteiger partial charge in [0.05, 0.1) is 0 Å². The molecule has 0 unspecified atom stereocenters. The van der Waals surface area contributed by atoms with Crippen LogP contribution in [0, 0.1) is 0 Å². The summed E-state index contributed by atoms with van der Waals surface area (Å²) in [5.41, 5.74) is -0.749. The van der Waals surface area contributed by atoms with E-state index in [1.165, 1.54) is 0 Å². The van der Waals surface area contributed by atoms with E-state index in [4.69, 9.17) is 4.55 Å². The monoisotopic (exact) mass is 262 g/mol. The normalized spacial score (nSPS) is 12.7. The molecule has 6 nitrogen and oxygen atoms in total. The van der Waals surface area contributed by atoms with E-state index >= 15 is 0 Å². The average molecular weight is 262 g/mol. The van der Waals surface area contributed by atoms with Crippen molar-refractivity contribution in [2.75, 3.05) is 0 Å². The van der Waals surface area contributed by atoms with Gasteiger partial charge in [-0.1, -0.05) is 20.8 Å². The van der Waals surface area contributed by atoms with Gasteiger partial charge >= 0.3 is 0 Å². The molecule has 96 valence electrons. The smallest absolute Gasteiger partial charge is 0.298 e. The molecule has 0 aliphatic carbocycles. The van der Waals surface area contributed by atoms with Gasteiger partial charge in [-0.15, -0.1) is 0 Å². The van der Waals surface area contributed by atoms with Gasteiger partial charge < -0.3 is 15.3 Å². The first-order valence-electron chi connectivity index (χ1n) is 4.72. The summed E-state index contributed by atoms with van der Waals surface area (Å²) >= 11 is 0. The highest BCUT2D eigenvalue weighted by Gasteiger charge is 2.31. The van der Waals surface area contributed by atoms with E-state index in [2.05, 4.69) is 0 Å². The molecule has 0 fully saturated rings. The molecule has 0 aliphatic heterocycles. The van der Waals surface area contributed by atoms with Crippen molar-refractivity contribution in [1.82, 2.24) is 0 Å². The van der Waals surface area contributed by atoms with Crippen molar-refractivity contribution in [2.24, 2.45) is 0 Å². The van der Waals surface area contributed by atoms with Gasteiger partial charge in [-0.2, -0.15) is 8.42 Å². The Labute approximate surface area is 98.9 Å². The molecule has 0 bridgehead atoms. The van der Waals surface area contributed by atoms with Crippen molar-refractivity contribution in [3.63, 3.8) is 0 Å². The van der Waals surface area contributed by atoms with Gasteiger partial charge in [0.25, 0.3) is 10.1 Å². The zero-order chi connectivity index (χ0) is 13.6. The second-order valence-electron chi connectivity index (χ2n) is 4.69. The molecule has 0 spiro atoms. The van der Waals surface area contributed by atoms with Gasteiger partial charge in [0, 0.05) is 0 Å². The third-order valence-electron chi connectivity index (χ3n) is 2.27. The molecular formula is C10H14O6S. The van der Waals surface area contributed by atoms with Crippen molar-refractivity contribution >= 4 is 10.1 Å². The third kappa shape index (κ3) is 2.45. The van der Waals surface area contributed by atoms with E-state index in [0.717, 1.165) is 6.07 Å². The van der Waals surface area contributed by atoms with Crippen LogP contribution in [-0.2, 0) is 15.5 Å². The molecular weight excluding hydrogens is 248 g/mol. The van der Waals surface area contributed by atoms with Crippen LogP contribution >= 0.6 is 0 Å². The Hall–Kier alpha value is -1.47. The van der Waals surface area contributed by atoms with Crippen LogP contribution in [0.4, 0.5) is 0 Å². The summed E-state index contributed by atoms with van der Waals surface area (Å²) in [6, 6.07) is 0.998. The second kappa shape index (κ2) is 3.78. The third-order valence-corrected chi connectivity index (χ3v) is 3.20. The maximum absolute atomic E-state index is 11.2. The second-order valence-corrected chi connectivity index (χ2v) is 6.05. The van der Waals surface area contributed by atoms with E-state index in [1.54, 1.807) is 20.8 Å². The van der Waals surface area contributed by atoms with E-state index in [1.807, 2.05) is 0 Å². The van der Waals surface area contributed by atoms with E-state index < -0.39 is 37.7 Å². The Morgan fingerprint density at radius 2 is 1.53 bits per heavy atom. The summed E-state index contributed by atoms with van der Waals surface area (Å²) in [6.07, 6.45) is 0. The minimum atomic E-state index is -4.71. The predicted octanol–water partition coefficient (Wildman–Crippen LogP) is 1.35. The van der Waals surface area contributed by atoms with Gasteiger partial charge in [-0.05, 0) is 17.0 Å². The highest BCUT2D eigenvalue weighted by molar-refractivity contribution is 7.86. The molecule has 0 amide bonds. The van der Waals surface area contributed by atoms with Crippen LogP contribution in [-0.4, -0.2) is 28.3 Å². The van der Waals surface area contributed by atoms with Crippen LogP contribution in [0.5, 0.6) is 17.2 Å². The fourth-order valence-corrected chi connectivity index (χ4v) is 2.43. The summed E-state index contributed by atoms with van der Waals surface area (Å²) in [5, 5.41) is 28.1. The molecule has 1 aromatic rings. The van der Waals surface area contributed by atoms with Crippen LogP contribution in [0.1, 0.15) is 26.3 Å². The molecule has 0 heterocycles. The molecule has 1 rings (SSSR count). The van der Waals surface area contributed by atoms with Crippen molar-refractivity contribution in [3.8, 4) is 17.2 Å². The number of phenolic OH excluding ortho intramolecular Hbond substituents is 3. The summed E-state index contributed by atoms with van der Waals surface area (Å²) in [7, 11) is -4.71. The van der Waals surface area contributed by atoms with Crippen molar-refractivity contribution in [3.05, 3.63) is 11.6 Å². The Kier molecular flexibility index (Phi) is 3.02. The van der Waals surface area contributed by atoms with Crippen molar-refractivity contribution in [2.45, 2.75) is 31.1 Å². The van der Waals surface area contributed by atoms with Crippen molar-refractivity contribution < 1.29 is 28.3 Å².